The molecule has 0 radical (unpaired) electrons. The number of amides is 1. The van der Waals surface area contributed by atoms with Crippen LogP contribution in [0.4, 0.5) is 5.69 Å². The number of rotatable bonds is 3. The van der Waals surface area contributed by atoms with E-state index in [2.05, 4.69) is 35.1 Å². The van der Waals surface area contributed by atoms with Crippen molar-refractivity contribution in [2.75, 3.05) is 18.4 Å². The highest BCUT2D eigenvalue weighted by Crippen LogP contribution is 2.16. The molecule has 2 N–H and O–H groups in total. The number of nitrogens with zero attached hydrogens (tertiary/aromatic N) is 1. The Kier molecular flexibility index (Phi) is 3.46. The highest BCUT2D eigenvalue weighted by molar-refractivity contribution is 6.04. The summed E-state index contributed by atoms with van der Waals surface area (Å²) < 4.78 is 0. The molecule has 0 spiro atoms. The maximum Gasteiger partial charge on any atom is 0.358 e. The Morgan fingerprint density at radius 3 is 3.00 bits per heavy atom. The van der Waals surface area contributed by atoms with Crippen molar-refractivity contribution >= 4 is 17.6 Å². The molecule has 1 aliphatic rings. The molecule has 1 amide bonds. The predicted molar refractivity (Wildman–Crippen MR) is 72.3 cm³/mol. The second-order valence-electron chi connectivity index (χ2n) is 4.44. The molecule has 0 aromatic heterocycles. The first kappa shape index (κ1) is 12.4. The number of aryl methyl sites for hydroxylation is 2. The largest absolute Gasteiger partial charge is 0.358 e. The minimum Gasteiger partial charge on any atom is -0.266 e. The van der Waals surface area contributed by atoms with Gasteiger partial charge in [-0.25, -0.2) is 5.32 Å². The summed E-state index contributed by atoms with van der Waals surface area (Å²) in [5, 5.41) is 3.28. The molecule has 4 nitrogen and oxygen atoms in total. The predicted octanol–water partition coefficient (Wildman–Crippen LogP) is 0.180. The smallest absolute Gasteiger partial charge is 0.266 e. The summed E-state index contributed by atoms with van der Waals surface area (Å²) >= 11 is 0. The first-order valence-electron chi connectivity index (χ1n) is 5.98. The van der Waals surface area contributed by atoms with Crippen molar-refractivity contribution in [2.45, 2.75) is 13.8 Å². The summed E-state index contributed by atoms with van der Waals surface area (Å²) in [6.07, 6.45) is 1.72. The van der Waals surface area contributed by atoms with Crippen molar-refractivity contribution in [3.63, 3.8) is 0 Å². The van der Waals surface area contributed by atoms with Gasteiger partial charge in [-0.05, 0) is 31.0 Å². The van der Waals surface area contributed by atoms with Crippen LogP contribution >= 0.6 is 0 Å². The number of carbonyl (C=O) groups is 1. The monoisotopic (exact) mass is 244 g/mol. The first-order chi connectivity index (χ1) is 8.61. The van der Waals surface area contributed by atoms with Crippen LogP contribution in [0, 0.1) is 13.8 Å². The van der Waals surface area contributed by atoms with E-state index in [0.29, 0.717) is 13.1 Å². The summed E-state index contributed by atoms with van der Waals surface area (Å²) in [5.74, 6) is 0.788. The van der Waals surface area contributed by atoms with Crippen LogP contribution in [-0.4, -0.2) is 29.9 Å². The lowest BCUT2D eigenvalue weighted by Gasteiger charge is -2.11. The molecule has 4 heteroatoms. The van der Waals surface area contributed by atoms with Gasteiger partial charge in [0.15, 0.2) is 6.54 Å². The lowest BCUT2D eigenvalue weighted by molar-refractivity contribution is -0.438. The average molecular weight is 244 g/mol. The van der Waals surface area contributed by atoms with Gasteiger partial charge in [-0.2, -0.15) is 4.90 Å². The fourth-order valence-electron chi connectivity index (χ4n) is 1.91. The quantitative estimate of drug-likeness (QED) is 0.745. The normalized spacial score (nSPS) is 14.7. The van der Waals surface area contributed by atoms with Crippen LogP contribution in [0.15, 0.2) is 30.9 Å². The number of hydrogen-bond acceptors (Lipinski definition) is 2. The van der Waals surface area contributed by atoms with Gasteiger partial charge < -0.3 is 0 Å². The Bertz CT molecular complexity index is 520. The fourth-order valence-corrected chi connectivity index (χ4v) is 1.91. The van der Waals surface area contributed by atoms with E-state index in [1.165, 1.54) is 5.56 Å². The van der Waals surface area contributed by atoms with E-state index in [-0.39, 0.29) is 5.91 Å². The van der Waals surface area contributed by atoms with E-state index >= 15 is 0 Å². The van der Waals surface area contributed by atoms with E-state index in [4.69, 9.17) is 0 Å². The Hall–Kier alpha value is -2.10. The maximum absolute atomic E-state index is 11.7. The van der Waals surface area contributed by atoms with Crippen molar-refractivity contribution in [2.24, 2.45) is 0 Å². The van der Waals surface area contributed by atoms with E-state index in [9.17, 15) is 4.79 Å². The molecule has 0 bridgehead atoms. The summed E-state index contributed by atoms with van der Waals surface area (Å²) in [4.78, 5) is 16.4. The van der Waals surface area contributed by atoms with Crippen molar-refractivity contribution < 1.29 is 9.79 Å². The van der Waals surface area contributed by atoms with Gasteiger partial charge in [-0.3, -0.25) is 9.79 Å². The first-order valence-corrected chi connectivity index (χ1v) is 5.98. The number of carbonyl (C=O) groups excluding carboxylic acids is 1. The Labute approximate surface area is 107 Å². The summed E-state index contributed by atoms with van der Waals surface area (Å²) in [6.45, 7) is 8.60. The van der Waals surface area contributed by atoms with Gasteiger partial charge in [0.05, 0.1) is 6.54 Å². The molecular formula is C14H18N3O+. The molecular weight excluding hydrogens is 226 g/mol. The second-order valence-corrected chi connectivity index (χ2v) is 4.44. The third-order valence-corrected chi connectivity index (χ3v) is 2.94. The Balaban J connectivity index is 2.20. The molecule has 0 unspecified atom stereocenters. The average Bonchev–Trinajstić information content (AvgIpc) is 2.67. The van der Waals surface area contributed by atoms with E-state index < -0.39 is 0 Å². The Morgan fingerprint density at radius 1 is 1.50 bits per heavy atom. The standard InChI is InChI=1S/C14H17N3O/c1-4-7-17-13(18)9-15-14(17)16-12-8-10(2)5-6-11(12)3/h4-6,8H,1,7,9H2,2-3H3,(H,15,16)/p+1. The summed E-state index contributed by atoms with van der Waals surface area (Å²) in [6, 6.07) is 6.20. The van der Waals surface area contributed by atoms with Gasteiger partial charge in [0.1, 0.15) is 5.69 Å². The van der Waals surface area contributed by atoms with E-state index in [1.807, 2.05) is 13.8 Å². The molecule has 1 aromatic rings. The van der Waals surface area contributed by atoms with Gasteiger partial charge in [0, 0.05) is 0 Å². The van der Waals surface area contributed by atoms with Gasteiger partial charge in [0.25, 0.3) is 0 Å². The van der Waals surface area contributed by atoms with Crippen molar-refractivity contribution in [1.82, 2.24) is 4.90 Å². The van der Waals surface area contributed by atoms with Crippen LogP contribution in [0.2, 0.25) is 0 Å². The topological polar surface area (TPSA) is 46.3 Å². The van der Waals surface area contributed by atoms with Crippen LogP contribution in [0.25, 0.3) is 0 Å². The lowest BCUT2D eigenvalue weighted by Crippen LogP contribution is -2.72. The molecule has 1 aromatic carbocycles. The number of anilines is 1. The molecule has 1 aliphatic heterocycles. The molecule has 0 saturated heterocycles. The Morgan fingerprint density at radius 2 is 2.28 bits per heavy atom. The lowest BCUT2D eigenvalue weighted by atomic mass is 10.1. The molecule has 0 fully saturated rings. The van der Waals surface area contributed by atoms with Crippen LogP contribution in [0.5, 0.6) is 0 Å². The van der Waals surface area contributed by atoms with Crippen LogP contribution in [0.1, 0.15) is 11.1 Å². The molecule has 1 heterocycles. The highest BCUT2D eigenvalue weighted by atomic mass is 16.2. The van der Waals surface area contributed by atoms with E-state index in [0.717, 1.165) is 17.2 Å². The third kappa shape index (κ3) is 2.42. The third-order valence-electron chi connectivity index (χ3n) is 2.94. The zero-order valence-electron chi connectivity index (χ0n) is 10.8. The highest BCUT2D eigenvalue weighted by Gasteiger charge is 2.31. The number of guanidine groups is 1. The molecule has 2 rings (SSSR count). The molecule has 0 aliphatic carbocycles. The fraction of sp³-hybridized carbons (Fsp3) is 0.286. The zero-order chi connectivity index (χ0) is 13.1. The second kappa shape index (κ2) is 5.04. The molecule has 94 valence electrons. The van der Waals surface area contributed by atoms with E-state index in [1.54, 1.807) is 11.0 Å². The van der Waals surface area contributed by atoms with Crippen molar-refractivity contribution in [3.05, 3.63) is 42.0 Å². The SMILES string of the molecule is C=CCN1C(=O)C[NH+]=C1Nc1cc(C)ccc1C. The summed E-state index contributed by atoms with van der Waals surface area (Å²) in [7, 11) is 0. The molecule has 18 heavy (non-hydrogen) atoms. The van der Waals surface area contributed by atoms with Gasteiger partial charge in [0.2, 0.25) is 0 Å². The number of benzene rings is 1. The van der Waals surface area contributed by atoms with Crippen molar-refractivity contribution in [3.8, 4) is 0 Å². The number of hydrogen-bond donors (Lipinski definition) is 2. The summed E-state index contributed by atoms with van der Waals surface area (Å²) in [5.41, 5.74) is 3.34. The maximum atomic E-state index is 11.7. The minimum atomic E-state index is 0.0581. The minimum absolute atomic E-state index is 0.0581. The number of nitrogens with one attached hydrogen (secondary N) is 2. The van der Waals surface area contributed by atoms with Crippen LogP contribution in [0.3, 0.4) is 0 Å². The molecule has 0 atom stereocenters. The van der Waals surface area contributed by atoms with Gasteiger partial charge in [-0.15, -0.1) is 0 Å². The zero-order valence-corrected chi connectivity index (χ0v) is 10.8. The molecule has 0 saturated carbocycles. The van der Waals surface area contributed by atoms with Gasteiger partial charge in [-0.1, -0.05) is 24.8 Å². The van der Waals surface area contributed by atoms with Gasteiger partial charge >= 0.3 is 11.9 Å². The van der Waals surface area contributed by atoms with Crippen LogP contribution in [-0.2, 0) is 4.79 Å². The van der Waals surface area contributed by atoms with Crippen molar-refractivity contribution in [1.29, 1.82) is 0 Å². The van der Waals surface area contributed by atoms with Crippen LogP contribution < -0.4 is 10.3 Å².